The van der Waals surface area contributed by atoms with Crippen molar-refractivity contribution in [3.8, 4) is 66.1 Å². The van der Waals surface area contributed by atoms with Crippen molar-refractivity contribution in [2.75, 3.05) is 13.2 Å². The average Bonchev–Trinajstić information content (AvgIpc) is 3.73. The molecule has 0 aliphatic rings. The summed E-state index contributed by atoms with van der Waals surface area (Å²) in [5.74, 6) is 2.07. The van der Waals surface area contributed by atoms with E-state index in [9.17, 15) is 10.2 Å². The van der Waals surface area contributed by atoms with Crippen LogP contribution < -0.4 is 9.47 Å². The van der Waals surface area contributed by atoms with Crippen molar-refractivity contribution in [1.82, 2.24) is 0 Å². The minimum Gasteiger partial charge on any atom is -0.506 e. The minimum absolute atomic E-state index is 0.0197. The third kappa shape index (κ3) is 9.67. The summed E-state index contributed by atoms with van der Waals surface area (Å²) in [7, 11) is 0. The maximum absolute atomic E-state index is 11.7. The molecule has 0 aliphatic carbocycles. The Hall–Kier alpha value is -4.52. The normalized spacial score (nSPS) is 12.6. The van der Waals surface area contributed by atoms with Crippen molar-refractivity contribution in [1.29, 1.82) is 0 Å². The molecule has 0 radical (unpaired) electrons. The van der Waals surface area contributed by atoms with Gasteiger partial charge in [0.15, 0.2) is 0 Å². The molecule has 0 fully saturated rings. The highest BCUT2D eigenvalue weighted by Crippen LogP contribution is 2.49. The number of unbranched alkanes of at least 4 members (excludes halogenated alkanes) is 1. The Morgan fingerprint density at radius 1 is 0.431 bits per heavy atom. The Kier molecular flexibility index (Phi) is 12.3. The number of aromatic hydroxyl groups is 2. The molecule has 2 heterocycles. The molecule has 0 spiro atoms. The van der Waals surface area contributed by atoms with Gasteiger partial charge in [-0.05, 0) is 104 Å². The smallest absolute Gasteiger partial charge is 0.142 e. The standard InChI is InChI=1S/C52H62O4S2/c1-49(2,3)35-25-33(26-36(29-35)50(4,5)6)47-45(53)41(31-57-47)39-19-13-15-21-43(39)55-23-17-18-24-56-44-22-16-14-20-40(44)42-32-58-48(46(42)54)34-27-37(51(7,8)9)30-38(28-34)52(10,11)12/h13-16,19-22,25-32,53-54H,17-18,23-24H2,1-12H3. The molecule has 2 aromatic heterocycles. The first-order valence-electron chi connectivity index (χ1n) is 20.5. The second kappa shape index (κ2) is 16.6. The van der Waals surface area contributed by atoms with Crippen LogP contribution in [0, 0.1) is 0 Å². The second-order valence-electron chi connectivity index (χ2n) is 19.6. The van der Waals surface area contributed by atoms with Crippen molar-refractivity contribution in [3.05, 3.63) is 118 Å². The highest BCUT2D eigenvalue weighted by atomic mass is 32.1. The molecule has 6 rings (SSSR count). The largest absolute Gasteiger partial charge is 0.506 e. The van der Waals surface area contributed by atoms with E-state index in [0.717, 1.165) is 67.5 Å². The summed E-state index contributed by atoms with van der Waals surface area (Å²) in [6, 6.07) is 29.4. The topological polar surface area (TPSA) is 58.9 Å². The van der Waals surface area contributed by atoms with E-state index < -0.39 is 0 Å². The van der Waals surface area contributed by atoms with Gasteiger partial charge in [0.1, 0.15) is 23.0 Å². The number of benzene rings is 4. The van der Waals surface area contributed by atoms with Crippen LogP contribution in [0.15, 0.2) is 95.7 Å². The first-order valence-corrected chi connectivity index (χ1v) is 22.3. The van der Waals surface area contributed by atoms with E-state index in [2.05, 4.69) is 119 Å². The zero-order valence-corrected chi connectivity index (χ0v) is 38.2. The van der Waals surface area contributed by atoms with E-state index in [0.29, 0.717) is 13.2 Å². The van der Waals surface area contributed by atoms with Gasteiger partial charge >= 0.3 is 0 Å². The quantitative estimate of drug-likeness (QED) is 0.128. The van der Waals surface area contributed by atoms with Gasteiger partial charge < -0.3 is 19.7 Å². The van der Waals surface area contributed by atoms with Gasteiger partial charge in [0.05, 0.1) is 23.0 Å². The molecule has 0 aliphatic heterocycles. The van der Waals surface area contributed by atoms with Crippen LogP contribution in [-0.4, -0.2) is 23.4 Å². The number of rotatable bonds is 11. The zero-order valence-electron chi connectivity index (χ0n) is 36.6. The van der Waals surface area contributed by atoms with Crippen LogP contribution in [-0.2, 0) is 21.7 Å². The van der Waals surface area contributed by atoms with E-state index in [1.807, 2.05) is 59.3 Å². The predicted molar refractivity (Wildman–Crippen MR) is 249 cm³/mol. The van der Waals surface area contributed by atoms with E-state index >= 15 is 0 Å². The van der Waals surface area contributed by atoms with Gasteiger partial charge in [0.2, 0.25) is 0 Å². The van der Waals surface area contributed by atoms with Crippen molar-refractivity contribution in [2.24, 2.45) is 0 Å². The third-order valence-electron chi connectivity index (χ3n) is 10.8. The average molecular weight is 815 g/mol. The van der Waals surface area contributed by atoms with Crippen LogP contribution in [0.2, 0.25) is 0 Å². The molecule has 0 saturated carbocycles. The van der Waals surface area contributed by atoms with Gasteiger partial charge in [-0.15, -0.1) is 22.7 Å². The summed E-state index contributed by atoms with van der Waals surface area (Å²) in [6.07, 6.45) is 1.58. The molecular formula is C52H62O4S2. The Morgan fingerprint density at radius 3 is 1.05 bits per heavy atom. The van der Waals surface area contributed by atoms with Crippen molar-refractivity contribution < 1.29 is 19.7 Å². The van der Waals surface area contributed by atoms with Crippen molar-refractivity contribution in [2.45, 2.75) is 118 Å². The number of thiophene rings is 2. The lowest BCUT2D eigenvalue weighted by Crippen LogP contribution is -2.16. The molecule has 0 amide bonds. The molecule has 0 atom stereocenters. The first-order chi connectivity index (χ1) is 27.1. The summed E-state index contributed by atoms with van der Waals surface area (Å²) >= 11 is 3.14. The lowest BCUT2D eigenvalue weighted by Gasteiger charge is -2.26. The number of ether oxygens (including phenoxy) is 2. The fourth-order valence-electron chi connectivity index (χ4n) is 6.94. The summed E-state index contributed by atoms with van der Waals surface area (Å²) < 4.78 is 12.7. The molecule has 4 aromatic carbocycles. The molecule has 306 valence electrons. The number of hydrogen-bond acceptors (Lipinski definition) is 6. The van der Waals surface area contributed by atoms with Gasteiger partial charge in [-0.2, -0.15) is 0 Å². The van der Waals surface area contributed by atoms with Crippen molar-refractivity contribution in [3.63, 3.8) is 0 Å². The maximum Gasteiger partial charge on any atom is 0.142 e. The van der Waals surface area contributed by atoms with Gasteiger partial charge in [0.25, 0.3) is 0 Å². The molecule has 6 aromatic rings. The molecule has 2 N–H and O–H groups in total. The van der Waals surface area contributed by atoms with Crippen LogP contribution >= 0.6 is 22.7 Å². The van der Waals surface area contributed by atoms with E-state index in [4.69, 9.17) is 9.47 Å². The summed E-state index contributed by atoms with van der Waals surface area (Å²) in [4.78, 5) is 1.74. The highest BCUT2D eigenvalue weighted by Gasteiger charge is 2.26. The summed E-state index contributed by atoms with van der Waals surface area (Å²) in [6.45, 7) is 27.8. The Balaban J connectivity index is 1.12. The highest BCUT2D eigenvalue weighted by molar-refractivity contribution is 7.14. The van der Waals surface area contributed by atoms with Crippen LogP contribution in [0.25, 0.3) is 43.1 Å². The van der Waals surface area contributed by atoms with E-state index in [1.165, 1.54) is 22.3 Å². The maximum atomic E-state index is 11.7. The third-order valence-corrected chi connectivity index (χ3v) is 12.8. The molecular weight excluding hydrogens is 753 g/mol. The van der Waals surface area contributed by atoms with Crippen LogP contribution in [0.5, 0.6) is 23.0 Å². The molecule has 0 unspecified atom stereocenters. The SMILES string of the molecule is CC(C)(C)c1cc(-c2scc(-c3ccccc3OCCCCOc3ccccc3-c3csc(-c4cc(C(C)(C)C)cc(C(C)(C)C)c4)c3O)c2O)cc(C(C)(C)C)c1. The van der Waals surface area contributed by atoms with Crippen LogP contribution in [0.3, 0.4) is 0 Å². The molecule has 6 heteroatoms. The first kappa shape index (κ1) is 43.1. The van der Waals surface area contributed by atoms with E-state index in [-0.39, 0.29) is 33.2 Å². The molecule has 58 heavy (non-hydrogen) atoms. The lowest BCUT2D eigenvalue weighted by atomic mass is 9.79. The lowest BCUT2D eigenvalue weighted by molar-refractivity contribution is 0.267. The monoisotopic (exact) mass is 814 g/mol. The number of para-hydroxylation sites is 2. The van der Waals surface area contributed by atoms with Gasteiger partial charge in [0, 0.05) is 33.0 Å². The van der Waals surface area contributed by atoms with Crippen LogP contribution in [0.4, 0.5) is 0 Å². The van der Waals surface area contributed by atoms with Gasteiger partial charge in [-0.1, -0.05) is 132 Å². The Bertz CT molecular complexity index is 2130. The molecule has 0 bridgehead atoms. The Morgan fingerprint density at radius 2 is 0.741 bits per heavy atom. The van der Waals surface area contributed by atoms with Gasteiger partial charge in [-0.3, -0.25) is 0 Å². The zero-order chi connectivity index (χ0) is 42.2. The second-order valence-corrected chi connectivity index (χ2v) is 21.4. The fraction of sp³-hybridized carbons (Fsp3) is 0.385. The summed E-state index contributed by atoms with van der Waals surface area (Å²) in [5.41, 5.74) is 10.4. The molecule has 4 nitrogen and oxygen atoms in total. The molecule has 0 saturated heterocycles. The fourth-order valence-corrected chi connectivity index (χ4v) is 8.84. The van der Waals surface area contributed by atoms with Crippen molar-refractivity contribution >= 4 is 22.7 Å². The summed E-state index contributed by atoms with van der Waals surface area (Å²) in [5, 5.41) is 27.4. The number of hydrogen-bond donors (Lipinski definition) is 2. The Labute approximate surface area is 355 Å². The predicted octanol–water partition coefficient (Wildman–Crippen LogP) is 15.3. The minimum atomic E-state index is -0.0197. The van der Waals surface area contributed by atoms with Gasteiger partial charge in [-0.25, -0.2) is 0 Å². The van der Waals surface area contributed by atoms with E-state index in [1.54, 1.807) is 22.7 Å². The van der Waals surface area contributed by atoms with Crippen LogP contribution in [0.1, 0.15) is 118 Å².